The van der Waals surface area contributed by atoms with E-state index in [4.69, 9.17) is 10.5 Å². The van der Waals surface area contributed by atoms with Crippen molar-refractivity contribution in [1.29, 1.82) is 0 Å². The van der Waals surface area contributed by atoms with Gasteiger partial charge in [-0.1, -0.05) is 12.1 Å². The highest BCUT2D eigenvalue weighted by Crippen LogP contribution is 2.25. The zero-order valence-corrected chi connectivity index (χ0v) is 14.5. The number of methoxy groups -OCH3 is 1. The first-order valence-electron chi connectivity index (χ1n) is 6.75. The molecule has 2 aromatic rings. The number of carbonyl (C=O) groups excluding carboxylic acids is 1. The molecule has 8 heteroatoms. The molecule has 3 N–H and O–H groups in total. The van der Waals surface area contributed by atoms with E-state index in [-0.39, 0.29) is 30.7 Å². The molecule has 126 valence electrons. The smallest absolute Gasteiger partial charge is 0.245 e. The van der Waals surface area contributed by atoms with Gasteiger partial charge in [-0.05, 0) is 24.6 Å². The molecular formula is C15H19ClFN3O2S. The maximum atomic E-state index is 12.9. The summed E-state index contributed by atoms with van der Waals surface area (Å²) >= 11 is 1.39. The van der Waals surface area contributed by atoms with Crippen LogP contribution in [0.2, 0.25) is 0 Å². The molecule has 0 aliphatic heterocycles. The lowest BCUT2D eigenvalue weighted by Gasteiger charge is -2.08. The molecule has 1 aromatic carbocycles. The highest BCUT2D eigenvalue weighted by molar-refractivity contribution is 7.15. The monoisotopic (exact) mass is 359 g/mol. The molecule has 0 spiro atoms. The number of aryl methyl sites for hydroxylation is 1. The van der Waals surface area contributed by atoms with Crippen molar-refractivity contribution in [1.82, 2.24) is 4.98 Å². The summed E-state index contributed by atoms with van der Waals surface area (Å²) in [5, 5.41) is 3.19. The van der Waals surface area contributed by atoms with Crippen LogP contribution in [0.1, 0.15) is 16.1 Å². The van der Waals surface area contributed by atoms with Crippen LogP contribution < -0.4 is 11.1 Å². The van der Waals surface area contributed by atoms with Gasteiger partial charge in [0.25, 0.3) is 0 Å². The first kappa shape index (κ1) is 19.5. The molecule has 1 aromatic heterocycles. The van der Waals surface area contributed by atoms with E-state index in [0.717, 1.165) is 16.1 Å². The topological polar surface area (TPSA) is 77.2 Å². The zero-order valence-electron chi connectivity index (χ0n) is 12.8. The van der Waals surface area contributed by atoms with Crippen LogP contribution in [0.25, 0.3) is 0 Å². The van der Waals surface area contributed by atoms with Crippen molar-refractivity contribution in [2.45, 2.75) is 19.4 Å². The highest BCUT2D eigenvalue weighted by Gasteiger charge is 2.16. The Balaban J connectivity index is 0.00000264. The normalized spacial score (nSPS) is 11.7. The molecule has 0 fully saturated rings. The molecule has 1 amide bonds. The molecule has 0 bridgehead atoms. The standard InChI is InChI=1S/C15H18FN3O2S.ClH/c1-9-13(7-10-3-5-11(16)6-4-10)22-15(18-9)19-14(20)12(17)8-21-2;/h3-6,12H,7-8,17H2,1-2H3,(H,18,19,20);1H. The lowest BCUT2D eigenvalue weighted by atomic mass is 10.1. The molecule has 0 radical (unpaired) electrons. The quantitative estimate of drug-likeness (QED) is 0.830. The molecular weight excluding hydrogens is 341 g/mol. The number of nitrogens with two attached hydrogens (primary N) is 1. The van der Waals surface area contributed by atoms with Crippen molar-refractivity contribution in [2.75, 3.05) is 19.0 Å². The van der Waals surface area contributed by atoms with E-state index in [2.05, 4.69) is 10.3 Å². The predicted octanol–water partition coefficient (Wildman–Crippen LogP) is 2.52. The van der Waals surface area contributed by atoms with Crippen LogP contribution >= 0.6 is 23.7 Å². The predicted molar refractivity (Wildman–Crippen MR) is 91.8 cm³/mol. The van der Waals surface area contributed by atoms with Crippen LogP contribution in [0.3, 0.4) is 0 Å². The van der Waals surface area contributed by atoms with Crippen molar-refractivity contribution in [2.24, 2.45) is 5.73 Å². The molecule has 0 saturated heterocycles. The van der Waals surface area contributed by atoms with Crippen molar-refractivity contribution in [3.8, 4) is 0 Å². The van der Waals surface area contributed by atoms with Gasteiger partial charge in [-0.3, -0.25) is 4.79 Å². The number of halogens is 2. The first-order valence-corrected chi connectivity index (χ1v) is 7.57. The fourth-order valence-electron chi connectivity index (χ4n) is 1.89. The van der Waals surface area contributed by atoms with E-state index < -0.39 is 6.04 Å². The molecule has 0 aliphatic carbocycles. The largest absolute Gasteiger partial charge is 0.383 e. The van der Waals surface area contributed by atoms with E-state index in [1.807, 2.05) is 6.92 Å². The van der Waals surface area contributed by atoms with Gasteiger partial charge in [-0.2, -0.15) is 0 Å². The molecule has 0 aliphatic rings. The Morgan fingerprint density at radius 1 is 1.43 bits per heavy atom. The number of nitrogens with zero attached hydrogens (tertiary/aromatic N) is 1. The van der Waals surface area contributed by atoms with Crippen molar-refractivity contribution >= 4 is 34.8 Å². The van der Waals surface area contributed by atoms with Crippen LogP contribution in [-0.4, -0.2) is 30.6 Å². The molecule has 1 heterocycles. The summed E-state index contributed by atoms with van der Waals surface area (Å²) < 4.78 is 17.8. The highest BCUT2D eigenvalue weighted by atomic mass is 35.5. The molecule has 0 saturated carbocycles. The number of benzene rings is 1. The molecule has 1 atom stereocenters. The van der Waals surface area contributed by atoms with Gasteiger partial charge in [0, 0.05) is 18.4 Å². The third-order valence-electron chi connectivity index (χ3n) is 3.08. The van der Waals surface area contributed by atoms with Gasteiger partial charge >= 0.3 is 0 Å². The van der Waals surface area contributed by atoms with Crippen molar-refractivity contribution < 1.29 is 13.9 Å². The summed E-state index contributed by atoms with van der Waals surface area (Å²) in [7, 11) is 1.49. The minimum atomic E-state index is -0.727. The van der Waals surface area contributed by atoms with Crippen LogP contribution in [0, 0.1) is 12.7 Å². The average Bonchev–Trinajstić information content (AvgIpc) is 2.81. The number of ether oxygens (including phenoxy) is 1. The van der Waals surface area contributed by atoms with E-state index in [9.17, 15) is 9.18 Å². The molecule has 2 rings (SSSR count). The number of hydrogen-bond donors (Lipinski definition) is 2. The fraction of sp³-hybridized carbons (Fsp3) is 0.333. The lowest BCUT2D eigenvalue weighted by Crippen LogP contribution is -2.39. The third kappa shape index (κ3) is 5.54. The molecule has 1 unspecified atom stereocenters. The van der Waals surface area contributed by atoms with Gasteiger partial charge in [0.2, 0.25) is 5.91 Å². The van der Waals surface area contributed by atoms with E-state index in [1.54, 1.807) is 12.1 Å². The van der Waals surface area contributed by atoms with Crippen LogP contribution in [0.4, 0.5) is 9.52 Å². The van der Waals surface area contributed by atoms with Crippen LogP contribution in [0.5, 0.6) is 0 Å². The number of thiazole rings is 1. The van der Waals surface area contributed by atoms with E-state index >= 15 is 0 Å². The Labute approximate surface area is 144 Å². The summed E-state index contributed by atoms with van der Waals surface area (Å²) in [6.07, 6.45) is 0.643. The van der Waals surface area contributed by atoms with Gasteiger partial charge < -0.3 is 15.8 Å². The lowest BCUT2D eigenvalue weighted by molar-refractivity contribution is -0.118. The second-order valence-corrected chi connectivity index (χ2v) is 5.97. The summed E-state index contributed by atoms with van der Waals surface area (Å²) in [5.41, 5.74) is 7.49. The average molecular weight is 360 g/mol. The van der Waals surface area contributed by atoms with Gasteiger partial charge in [0.05, 0.1) is 12.3 Å². The number of anilines is 1. The maximum Gasteiger partial charge on any atom is 0.245 e. The minimum Gasteiger partial charge on any atom is -0.383 e. The second-order valence-electron chi connectivity index (χ2n) is 4.88. The maximum absolute atomic E-state index is 12.9. The van der Waals surface area contributed by atoms with Gasteiger partial charge in [-0.15, -0.1) is 23.7 Å². The number of rotatable bonds is 6. The van der Waals surface area contributed by atoms with Gasteiger partial charge in [0.15, 0.2) is 5.13 Å². The van der Waals surface area contributed by atoms with E-state index in [0.29, 0.717) is 11.6 Å². The van der Waals surface area contributed by atoms with Crippen LogP contribution in [-0.2, 0) is 16.0 Å². The third-order valence-corrected chi connectivity index (χ3v) is 4.16. The minimum absolute atomic E-state index is 0. The number of amides is 1. The number of nitrogens with one attached hydrogen (secondary N) is 1. The van der Waals surface area contributed by atoms with Crippen LogP contribution in [0.15, 0.2) is 24.3 Å². The Morgan fingerprint density at radius 2 is 2.09 bits per heavy atom. The van der Waals surface area contributed by atoms with E-state index in [1.165, 1.54) is 30.6 Å². The Kier molecular flexibility index (Phi) is 7.57. The summed E-state index contributed by atoms with van der Waals surface area (Å²) in [6.45, 7) is 2.03. The molecule has 5 nitrogen and oxygen atoms in total. The summed E-state index contributed by atoms with van der Waals surface area (Å²) in [6, 6.07) is 5.61. The second kappa shape index (κ2) is 8.93. The SMILES string of the molecule is COCC(N)C(=O)Nc1nc(C)c(Cc2ccc(F)cc2)s1.Cl. The fourth-order valence-corrected chi connectivity index (χ4v) is 2.89. The summed E-state index contributed by atoms with van der Waals surface area (Å²) in [5.74, 6) is -0.589. The Morgan fingerprint density at radius 3 is 2.70 bits per heavy atom. The number of carbonyl (C=O) groups is 1. The molecule has 23 heavy (non-hydrogen) atoms. The number of hydrogen-bond acceptors (Lipinski definition) is 5. The Hall–Kier alpha value is -1.54. The summed E-state index contributed by atoms with van der Waals surface area (Å²) in [4.78, 5) is 17.2. The van der Waals surface area contributed by atoms with Crippen molar-refractivity contribution in [3.05, 3.63) is 46.2 Å². The zero-order chi connectivity index (χ0) is 16.1. The van der Waals surface area contributed by atoms with Gasteiger partial charge in [-0.25, -0.2) is 9.37 Å². The van der Waals surface area contributed by atoms with Crippen molar-refractivity contribution in [3.63, 3.8) is 0 Å². The number of aromatic nitrogens is 1. The van der Waals surface area contributed by atoms with Gasteiger partial charge in [0.1, 0.15) is 11.9 Å². The Bertz CT molecular complexity index is 649. The first-order chi connectivity index (χ1) is 10.5.